The molecule has 4 heteroatoms. The molecule has 0 aliphatic carbocycles. The topological polar surface area (TPSA) is 47.6 Å². The van der Waals surface area contributed by atoms with Gasteiger partial charge in [-0.2, -0.15) is 0 Å². The zero-order chi connectivity index (χ0) is 15.1. The van der Waals surface area contributed by atoms with Gasteiger partial charge in [-0.15, -0.1) is 0 Å². The number of amides is 1. The molecule has 0 aliphatic rings. The van der Waals surface area contributed by atoms with Crippen LogP contribution in [0.5, 0.6) is 11.5 Å². The third-order valence-corrected chi connectivity index (χ3v) is 3.15. The smallest absolute Gasteiger partial charge is 0.224 e. The Labute approximate surface area is 124 Å². The van der Waals surface area contributed by atoms with Crippen molar-refractivity contribution in [2.45, 2.75) is 13.0 Å². The lowest BCUT2D eigenvalue weighted by atomic mass is 10.1. The molecule has 1 amide bonds. The number of rotatable bonds is 6. The number of benzene rings is 2. The number of nitrogens with one attached hydrogen (secondary N) is 1. The number of carbonyl (C=O) groups is 1. The van der Waals surface area contributed by atoms with Crippen molar-refractivity contribution >= 4 is 5.91 Å². The van der Waals surface area contributed by atoms with E-state index in [1.54, 1.807) is 14.2 Å². The summed E-state index contributed by atoms with van der Waals surface area (Å²) in [5.74, 6) is 1.55. The number of carbonyl (C=O) groups excluding carboxylic acids is 1. The molecule has 1 N–H and O–H groups in total. The molecule has 4 nitrogen and oxygen atoms in total. The highest BCUT2D eigenvalue weighted by Crippen LogP contribution is 2.13. The second kappa shape index (κ2) is 7.33. The normalized spacial score (nSPS) is 10.0. The Morgan fingerprint density at radius 1 is 0.952 bits per heavy atom. The van der Waals surface area contributed by atoms with Gasteiger partial charge in [0.25, 0.3) is 0 Å². The molecular formula is C17H19NO3. The van der Waals surface area contributed by atoms with Crippen molar-refractivity contribution in [2.24, 2.45) is 0 Å². The minimum Gasteiger partial charge on any atom is -0.497 e. The molecule has 0 unspecified atom stereocenters. The van der Waals surface area contributed by atoms with Gasteiger partial charge in [-0.1, -0.05) is 24.3 Å². The summed E-state index contributed by atoms with van der Waals surface area (Å²) >= 11 is 0. The first-order valence-electron chi connectivity index (χ1n) is 6.74. The van der Waals surface area contributed by atoms with Crippen LogP contribution < -0.4 is 14.8 Å². The van der Waals surface area contributed by atoms with E-state index in [4.69, 9.17) is 9.47 Å². The molecule has 2 aromatic carbocycles. The maximum Gasteiger partial charge on any atom is 0.224 e. The van der Waals surface area contributed by atoms with Gasteiger partial charge in [0, 0.05) is 6.54 Å². The average molecular weight is 285 g/mol. The van der Waals surface area contributed by atoms with Crippen molar-refractivity contribution in [3.05, 3.63) is 59.7 Å². The van der Waals surface area contributed by atoms with Gasteiger partial charge in [0.1, 0.15) is 11.5 Å². The van der Waals surface area contributed by atoms with Crippen LogP contribution in [0.15, 0.2) is 48.5 Å². The fourth-order valence-electron chi connectivity index (χ4n) is 1.97. The van der Waals surface area contributed by atoms with E-state index in [1.807, 2.05) is 48.5 Å². The van der Waals surface area contributed by atoms with Crippen LogP contribution >= 0.6 is 0 Å². The Morgan fingerprint density at radius 3 is 2.33 bits per heavy atom. The molecule has 21 heavy (non-hydrogen) atoms. The highest BCUT2D eigenvalue weighted by molar-refractivity contribution is 5.78. The molecule has 0 atom stereocenters. The highest BCUT2D eigenvalue weighted by atomic mass is 16.5. The van der Waals surface area contributed by atoms with E-state index in [-0.39, 0.29) is 5.91 Å². The quantitative estimate of drug-likeness (QED) is 0.887. The van der Waals surface area contributed by atoms with Gasteiger partial charge in [-0.25, -0.2) is 0 Å². The van der Waals surface area contributed by atoms with Gasteiger partial charge in [0.2, 0.25) is 5.91 Å². The first-order chi connectivity index (χ1) is 10.2. The number of hydrogen-bond acceptors (Lipinski definition) is 3. The summed E-state index contributed by atoms with van der Waals surface area (Å²) in [5, 5.41) is 2.90. The molecule has 0 spiro atoms. The molecule has 0 heterocycles. The first kappa shape index (κ1) is 14.9. The summed E-state index contributed by atoms with van der Waals surface area (Å²) in [6, 6.07) is 15.1. The zero-order valence-electron chi connectivity index (χ0n) is 12.3. The van der Waals surface area contributed by atoms with Crippen LogP contribution in [-0.4, -0.2) is 20.1 Å². The lowest BCUT2D eigenvalue weighted by Gasteiger charge is -2.07. The fraction of sp³-hybridized carbons (Fsp3) is 0.235. The molecule has 0 saturated heterocycles. The van der Waals surface area contributed by atoms with Crippen molar-refractivity contribution in [3.63, 3.8) is 0 Å². The Balaban J connectivity index is 1.86. The molecular weight excluding hydrogens is 266 g/mol. The Kier molecular flexibility index (Phi) is 5.21. The number of ether oxygens (including phenoxy) is 2. The molecule has 0 radical (unpaired) electrons. The van der Waals surface area contributed by atoms with Gasteiger partial charge in [0.05, 0.1) is 20.6 Å². The van der Waals surface area contributed by atoms with Gasteiger partial charge in [0.15, 0.2) is 0 Å². The summed E-state index contributed by atoms with van der Waals surface area (Å²) < 4.78 is 10.2. The predicted octanol–water partition coefficient (Wildman–Crippen LogP) is 2.56. The van der Waals surface area contributed by atoms with Crippen LogP contribution in [0.3, 0.4) is 0 Å². The SMILES string of the molecule is COc1ccc(CNC(=O)Cc2cccc(OC)c2)cc1. The van der Waals surface area contributed by atoms with Crippen molar-refractivity contribution in [3.8, 4) is 11.5 Å². The van der Waals surface area contributed by atoms with E-state index in [9.17, 15) is 4.79 Å². The van der Waals surface area contributed by atoms with E-state index in [1.165, 1.54) is 0 Å². The van der Waals surface area contributed by atoms with E-state index in [0.29, 0.717) is 13.0 Å². The lowest BCUT2D eigenvalue weighted by molar-refractivity contribution is -0.120. The number of hydrogen-bond donors (Lipinski definition) is 1. The average Bonchev–Trinajstić information content (AvgIpc) is 2.53. The van der Waals surface area contributed by atoms with Crippen LogP contribution in [-0.2, 0) is 17.8 Å². The largest absolute Gasteiger partial charge is 0.497 e. The molecule has 0 fully saturated rings. The molecule has 0 bridgehead atoms. The van der Waals surface area contributed by atoms with Crippen LogP contribution in [0.4, 0.5) is 0 Å². The van der Waals surface area contributed by atoms with E-state index >= 15 is 0 Å². The monoisotopic (exact) mass is 285 g/mol. The standard InChI is InChI=1S/C17H19NO3/c1-20-15-8-6-13(7-9-15)12-18-17(19)11-14-4-3-5-16(10-14)21-2/h3-10H,11-12H2,1-2H3,(H,18,19). The number of methoxy groups -OCH3 is 2. The predicted molar refractivity (Wildman–Crippen MR) is 81.5 cm³/mol. The molecule has 110 valence electrons. The van der Waals surface area contributed by atoms with Crippen LogP contribution in [0.1, 0.15) is 11.1 Å². The van der Waals surface area contributed by atoms with E-state index in [0.717, 1.165) is 22.6 Å². The van der Waals surface area contributed by atoms with E-state index < -0.39 is 0 Å². The summed E-state index contributed by atoms with van der Waals surface area (Å²) in [6.45, 7) is 0.507. The molecule has 0 aromatic heterocycles. The van der Waals surface area contributed by atoms with Crippen molar-refractivity contribution in [2.75, 3.05) is 14.2 Å². The summed E-state index contributed by atoms with van der Waals surface area (Å²) in [4.78, 5) is 11.9. The Morgan fingerprint density at radius 2 is 1.67 bits per heavy atom. The highest BCUT2D eigenvalue weighted by Gasteiger charge is 2.04. The van der Waals surface area contributed by atoms with Gasteiger partial charge in [-0.05, 0) is 35.4 Å². The fourth-order valence-corrected chi connectivity index (χ4v) is 1.97. The van der Waals surface area contributed by atoms with Crippen LogP contribution in [0.25, 0.3) is 0 Å². The van der Waals surface area contributed by atoms with Crippen LogP contribution in [0, 0.1) is 0 Å². The van der Waals surface area contributed by atoms with E-state index in [2.05, 4.69) is 5.32 Å². The first-order valence-corrected chi connectivity index (χ1v) is 6.74. The van der Waals surface area contributed by atoms with Gasteiger partial charge in [-0.3, -0.25) is 4.79 Å². The summed E-state index contributed by atoms with van der Waals surface area (Å²) in [5.41, 5.74) is 1.97. The third-order valence-electron chi connectivity index (χ3n) is 3.15. The maximum absolute atomic E-state index is 11.9. The maximum atomic E-state index is 11.9. The second-order valence-electron chi connectivity index (χ2n) is 4.65. The van der Waals surface area contributed by atoms with Crippen molar-refractivity contribution in [1.82, 2.24) is 5.32 Å². The minimum absolute atomic E-state index is 0.0147. The van der Waals surface area contributed by atoms with Crippen molar-refractivity contribution < 1.29 is 14.3 Å². The summed E-state index contributed by atoms with van der Waals surface area (Å²) in [7, 11) is 3.24. The van der Waals surface area contributed by atoms with Crippen molar-refractivity contribution in [1.29, 1.82) is 0 Å². The molecule has 0 saturated carbocycles. The second-order valence-corrected chi connectivity index (χ2v) is 4.65. The summed E-state index contributed by atoms with van der Waals surface area (Å²) in [6.07, 6.45) is 0.341. The van der Waals surface area contributed by atoms with Gasteiger partial charge < -0.3 is 14.8 Å². The molecule has 2 aromatic rings. The van der Waals surface area contributed by atoms with Crippen LogP contribution in [0.2, 0.25) is 0 Å². The van der Waals surface area contributed by atoms with Gasteiger partial charge >= 0.3 is 0 Å². The zero-order valence-corrected chi connectivity index (χ0v) is 12.3. The Bertz CT molecular complexity index is 593. The molecule has 0 aliphatic heterocycles. The lowest BCUT2D eigenvalue weighted by Crippen LogP contribution is -2.24. The molecule has 2 rings (SSSR count). The minimum atomic E-state index is -0.0147. The Hall–Kier alpha value is -2.49. The third kappa shape index (κ3) is 4.53.